The third-order valence-corrected chi connectivity index (χ3v) is 3.51. The molecule has 21 heavy (non-hydrogen) atoms. The van der Waals surface area contributed by atoms with Gasteiger partial charge in [0.2, 0.25) is 0 Å². The van der Waals surface area contributed by atoms with Gasteiger partial charge in [0.15, 0.2) is 0 Å². The second-order valence-corrected chi connectivity index (χ2v) is 5.64. The predicted octanol–water partition coefficient (Wildman–Crippen LogP) is 4.01. The zero-order chi connectivity index (χ0) is 15.1. The normalized spacial score (nSPS) is 10.0. The van der Waals surface area contributed by atoms with Gasteiger partial charge < -0.3 is 15.4 Å². The molecule has 0 fully saturated rings. The smallest absolute Gasteiger partial charge is 0.319 e. The molecule has 0 heterocycles. The highest BCUT2D eigenvalue weighted by Crippen LogP contribution is 2.13. The van der Waals surface area contributed by atoms with Crippen molar-refractivity contribution in [1.29, 1.82) is 0 Å². The summed E-state index contributed by atoms with van der Waals surface area (Å²) in [5.74, 6) is 0.838. The van der Waals surface area contributed by atoms with Crippen LogP contribution in [-0.2, 0) is 6.54 Å². The number of amides is 2. The van der Waals surface area contributed by atoms with Crippen LogP contribution in [0.15, 0.2) is 48.5 Å². The van der Waals surface area contributed by atoms with E-state index in [1.807, 2.05) is 55.5 Å². The first-order valence-electron chi connectivity index (χ1n) is 6.69. The first kappa shape index (κ1) is 15.6. The molecule has 0 saturated carbocycles. The largest absolute Gasteiger partial charge is 0.494 e. The van der Waals surface area contributed by atoms with Crippen LogP contribution >= 0.6 is 22.6 Å². The van der Waals surface area contributed by atoms with Gasteiger partial charge in [-0.15, -0.1) is 0 Å². The summed E-state index contributed by atoms with van der Waals surface area (Å²) in [5.41, 5.74) is 1.80. The van der Waals surface area contributed by atoms with Crippen LogP contribution in [0.25, 0.3) is 0 Å². The summed E-state index contributed by atoms with van der Waals surface area (Å²) in [7, 11) is 0. The fourth-order valence-corrected chi connectivity index (χ4v) is 2.12. The van der Waals surface area contributed by atoms with Crippen molar-refractivity contribution in [2.24, 2.45) is 0 Å². The van der Waals surface area contributed by atoms with E-state index >= 15 is 0 Å². The van der Waals surface area contributed by atoms with E-state index in [2.05, 4.69) is 33.2 Å². The van der Waals surface area contributed by atoms with Crippen molar-refractivity contribution in [2.45, 2.75) is 13.5 Å². The van der Waals surface area contributed by atoms with E-state index < -0.39 is 0 Å². The number of anilines is 1. The molecule has 110 valence electrons. The number of nitrogens with one attached hydrogen (secondary N) is 2. The Morgan fingerprint density at radius 1 is 1.10 bits per heavy atom. The summed E-state index contributed by atoms with van der Waals surface area (Å²) in [6.07, 6.45) is 0. The lowest BCUT2D eigenvalue weighted by molar-refractivity contribution is 0.251. The van der Waals surface area contributed by atoms with E-state index in [0.29, 0.717) is 13.2 Å². The molecular formula is C16H17IN2O2. The maximum absolute atomic E-state index is 11.8. The molecule has 2 rings (SSSR count). The SMILES string of the molecule is CCOc1ccc(CNC(=O)Nc2ccc(I)cc2)cc1. The fourth-order valence-electron chi connectivity index (χ4n) is 1.76. The van der Waals surface area contributed by atoms with Crippen LogP contribution in [0.3, 0.4) is 0 Å². The Labute approximate surface area is 138 Å². The van der Waals surface area contributed by atoms with Gasteiger partial charge in [-0.2, -0.15) is 0 Å². The van der Waals surface area contributed by atoms with E-state index in [-0.39, 0.29) is 6.03 Å². The van der Waals surface area contributed by atoms with Crippen LogP contribution < -0.4 is 15.4 Å². The number of carbonyl (C=O) groups is 1. The van der Waals surface area contributed by atoms with Crippen molar-refractivity contribution in [3.63, 3.8) is 0 Å². The molecule has 0 aliphatic carbocycles. The molecule has 0 spiro atoms. The van der Waals surface area contributed by atoms with Gasteiger partial charge in [0.05, 0.1) is 6.61 Å². The standard InChI is InChI=1S/C16H17IN2O2/c1-2-21-15-9-3-12(4-10-15)11-18-16(20)19-14-7-5-13(17)6-8-14/h3-10H,2,11H2,1H3,(H2,18,19,20). The Morgan fingerprint density at radius 2 is 1.76 bits per heavy atom. The Hall–Kier alpha value is -1.76. The Kier molecular flexibility index (Phi) is 5.86. The lowest BCUT2D eigenvalue weighted by Crippen LogP contribution is -2.28. The summed E-state index contributed by atoms with van der Waals surface area (Å²) in [6, 6.07) is 15.1. The number of halogens is 1. The first-order chi connectivity index (χ1) is 10.2. The lowest BCUT2D eigenvalue weighted by Gasteiger charge is -2.08. The number of hydrogen-bond acceptors (Lipinski definition) is 2. The second-order valence-electron chi connectivity index (χ2n) is 4.39. The number of rotatable bonds is 5. The molecule has 0 aromatic heterocycles. The van der Waals surface area contributed by atoms with Gasteiger partial charge in [-0.25, -0.2) is 4.79 Å². The molecule has 0 radical (unpaired) electrons. The Bertz CT molecular complexity index is 582. The van der Waals surface area contributed by atoms with Crippen molar-refractivity contribution >= 4 is 34.3 Å². The van der Waals surface area contributed by atoms with Crippen LogP contribution in [0.5, 0.6) is 5.75 Å². The molecule has 4 nitrogen and oxygen atoms in total. The van der Waals surface area contributed by atoms with E-state index in [0.717, 1.165) is 20.6 Å². The van der Waals surface area contributed by atoms with Gasteiger partial charge >= 0.3 is 6.03 Å². The fraction of sp³-hybridized carbons (Fsp3) is 0.188. The van der Waals surface area contributed by atoms with Crippen LogP contribution in [0.4, 0.5) is 10.5 Å². The van der Waals surface area contributed by atoms with Gasteiger partial charge in [-0.05, 0) is 71.5 Å². The van der Waals surface area contributed by atoms with E-state index in [1.54, 1.807) is 0 Å². The average molecular weight is 396 g/mol. The molecule has 2 amide bonds. The van der Waals surface area contributed by atoms with E-state index in [4.69, 9.17) is 4.74 Å². The summed E-state index contributed by atoms with van der Waals surface area (Å²) in [6.45, 7) is 3.07. The number of carbonyl (C=O) groups excluding carboxylic acids is 1. The second kappa shape index (κ2) is 7.87. The Morgan fingerprint density at radius 3 is 2.38 bits per heavy atom. The highest BCUT2D eigenvalue weighted by atomic mass is 127. The quantitative estimate of drug-likeness (QED) is 0.751. The minimum absolute atomic E-state index is 0.218. The Balaban J connectivity index is 1.81. The van der Waals surface area contributed by atoms with Crippen LogP contribution in [-0.4, -0.2) is 12.6 Å². The third-order valence-electron chi connectivity index (χ3n) is 2.79. The van der Waals surface area contributed by atoms with Crippen LogP contribution in [0, 0.1) is 3.57 Å². The van der Waals surface area contributed by atoms with Crippen molar-refractivity contribution in [1.82, 2.24) is 5.32 Å². The first-order valence-corrected chi connectivity index (χ1v) is 7.77. The number of urea groups is 1. The van der Waals surface area contributed by atoms with Crippen molar-refractivity contribution < 1.29 is 9.53 Å². The number of ether oxygens (including phenoxy) is 1. The lowest BCUT2D eigenvalue weighted by atomic mass is 10.2. The highest BCUT2D eigenvalue weighted by molar-refractivity contribution is 14.1. The molecule has 0 aliphatic rings. The van der Waals surface area contributed by atoms with E-state index in [9.17, 15) is 4.79 Å². The molecule has 0 bridgehead atoms. The monoisotopic (exact) mass is 396 g/mol. The average Bonchev–Trinajstić information content (AvgIpc) is 2.49. The minimum atomic E-state index is -0.218. The topological polar surface area (TPSA) is 50.4 Å². The van der Waals surface area contributed by atoms with Crippen LogP contribution in [0.2, 0.25) is 0 Å². The highest BCUT2D eigenvalue weighted by Gasteiger charge is 2.02. The molecule has 2 N–H and O–H groups in total. The minimum Gasteiger partial charge on any atom is -0.494 e. The zero-order valence-corrected chi connectivity index (χ0v) is 13.9. The summed E-state index contributed by atoms with van der Waals surface area (Å²) < 4.78 is 6.51. The van der Waals surface area contributed by atoms with Crippen molar-refractivity contribution in [2.75, 3.05) is 11.9 Å². The summed E-state index contributed by atoms with van der Waals surface area (Å²) in [5, 5.41) is 5.61. The predicted molar refractivity (Wildman–Crippen MR) is 92.6 cm³/mol. The van der Waals surface area contributed by atoms with Crippen molar-refractivity contribution in [3.05, 3.63) is 57.7 Å². The molecule has 2 aromatic carbocycles. The molecule has 2 aromatic rings. The molecular weight excluding hydrogens is 379 g/mol. The maximum atomic E-state index is 11.8. The summed E-state index contributed by atoms with van der Waals surface area (Å²) >= 11 is 2.22. The van der Waals surface area contributed by atoms with Gasteiger partial charge in [-0.3, -0.25) is 0 Å². The maximum Gasteiger partial charge on any atom is 0.319 e. The van der Waals surface area contributed by atoms with Crippen LogP contribution in [0.1, 0.15) is 12.5 Å². The molecule has 0 saturated heterocycles. The zero-order valence-electron chi connectivity index (χ0n) is 11.7. The van der Waals surface area contributed by atoms with Gasteiger partial charge in [0, 0.05) is 15.8 Å². The molecule has 0 aliphatic heterocycles. The molecule has 0 atom stereocenters. The number of benzene rings is 2. The van der Waals surface area contributed by atoms with Gasteiger partial charge in [0.1, 0.15) is 5.75 Å². The molecule has 0 unspecified atom stereocenters. The van der Waals surface area contributed by atoms with E-state index in [1.165, 1.54) is 0 Å². The van der Waals surface area contributed by atoms with Crippen molar-refractivity contribution in [3.8, 4) is 5.75 Å². The van der Waals surface area contributed by atoms with Gasteiger partial charge in [-0.1, -0.05) is 12.1 Å². The number of hydrogen-bond donors (Lipinski definition) is 2. The summed E-state index contributed by atoms with van der Waals surface area (Å²) in [4.78, 5) is 11.8. The van der Waals surface area contributed by atoms with Gasteiger partial charge in [0.25, 0.3) is 0 Å². The third kappa shape index (κ3) is 5.26. The molecule has 5 heteroatoms.